The standard InChI is InChI=1S/C18H17ClN2O3/c1-2-24-16-10-6-14(7-11-16)18(23)21-20-17(22)12-5-13-3-8-15(19)9-4-13/h3-12H,2H2,1H3,(H,20,22)(H,21,23)/b12-5+. The fourth-order valence-corrected chi connectivity index (χ4v) is 1.97. The van der Waals surface area contributed by atoms with Crippen molar-refractivity contribution in [1.29, 1.82) is 0 Å². The van der Waals surface area contributed by atoms with Crippen LogP contribution < -0.4 is 15.6 Å². The Morgan fingerprint density at radius 2 is 1.71 bits per heavy atom. The van der Waals surface area contributed by atoms with E-state index in [1.54, 1.807) is 54.6 Å². The number of hydrogen-bond acceptors (Lipinski definition) is 3. The third-order valence-electron chi connectivity index (χ3n) is 3.02. The van der Waals surface area contributed by atoms with Gasteiger partial charge in [-0.2, -0.15) is 0 Å². The normalized spacial score (nSPS) is 10.4. The van der Waals surface area contributed by atoms with E-state index in [4.69, 9.17) is 16.3 Å². The molecule has 0 unspecified atom stereocenters. The highest BCUT2D eigenvalue weighted by atomic mass is 35.5. The molecular weight excluding hydrogens is 328 g/mol. The summed E-state index contributed by atoms with van der Waals surface area (Å²) in [6.45, 7) is 2.44. The predicted molar refractivity (Wildman–Crippen MR) is 93.7 cm³/mol. The van der Waals surface area contributed by atoms with Gasteiger partial charge in [-0.25, -0.2) is 0 Å². The second-order valence-electron chi connectivity index (χ2n) is 4.79. The van der Waals surface area contributed by atoms with Crippen molar-refractivity contribution in [2.24, 2.45) is 0 Å². The largest absolute Gasteiger partial charge is 0.494 e. The lowest BCUT2D eigenvalue weighted by Gasteiger charge is -2.06. The Morgan fingerprint density at radius 1 is 1.04 bits per heavy atom. The molecule has 124 valence electrons. The number of benzene rings is 2. The van der Waals surface area contributed by atoms with E-state index in [9.17, 15) is 9.59 Å². The molecule has 0 aliphatic rings. The molecule has 0 aliphatic carbocycles. The van der Waals surface area contributed by atoms with Crippen LogP contribution in [0.2, 0.25) is 5.02 Å². The van der Waals surface area contributed by atoms with Crippen LogP contribution >= 0.6 is 11.6 Å². The topological polar surface area (TPSA) is 67.4 Å². The van der Waals surface area contributed by atoms with Crippen LogP contribution in [0.4, 0.5) is 0 Å². The molecule has 6 heteroatoms. The first-order valence-corrected chi connectivity index (χ1v) is 7.73. The Morgan fingerprint density at radius 3 is 2.33 bits per heavy atom. The van der Waals surface area contributed by atoms with Crippen LogP contribution in [0.3, 0.4) is 0 Å². The summed E-state index contributed by atoms with van der Waals surface area (Å²) < 4.78 is 5.30. The molecule has 2 aromatic rings. The summed E-state index contributed by atoms with van der Waals surface area (Å²) >= 11 is 5.79. The highest BCUT2D eigenvalue weighted by Crippen LogP contribution is 2.12. The van der Waals surface area contributed by atoms with E-state index in [2.05, 4.69) is 10.9 Å². The maximum atomic E-state index is 11.9. The Hall–Kier alpha value is -2.79. The smallest absolute Gasteiger partial charge is 0.269 e. The van der Waals surface area contributed by atoms with Crippen molar-refractivity contribution in [2.75, 3.05) is 6.61 Å². The van der Waals surface area contributed by atoms with Crippen molar-refractivity contribution in [3.8, 4) is 5.75 Å². The lowest BCUT2D eigenvalue weighted by molar-refractivity contribution is -0.117. The van der Waals surface area contributed by atoms with E-state index >= 15 is 0 Å². The molecular formula is C18H17ClN2O3. The number of nitrogens with one attached hydrogen (secondary N) is 2. The maximum absolute atomic E-state index is 11.9. The molecule has 0 radical (unpaired) electrons. The molecule has 0 saturated heterocycles. The molecule has 0 heterocycles. The van der Waals surface area contributed by atoms with Gasteiger partial charge in [0.2, 0.25) is 0 Å². The molecule has 0 fully saturated rings. The Kier molecular flexibility index (Phi) is 6.40. The fraction of sp³-hybridized carbons (Fsp3) is 0.111. The van der Waals surface area contributed by atoms with Crippen LogP contribution in [0.1, 0.15) is 22.8 Å². The van der Waals surface area contributed by atoms with Crippen molar-refractivity contribution in [3.05, 3.63) is 70.8 Å². The van der Waals surface area contributed by atoms with Gasteiger partial charge in [-0.1, -0.05) is 23.7 Å². The summed E-state index contributed by atoms with van der Waals surface area (Å²) in [6.07, 6.45) is 2.94. The average Bonchev–Trinajstić information content (AvgIpc) is 2.60. The van der Waals surface area contributed by atoms with Gasteiger partial charge in [-0.15, -0.1) is 0 Å². The van der Waals surface area contributed by atoms with Gasteiger partial charge in [0.15, 0.2) is 0 Å². The third-order valence-corrected chi connectivity index (χ3v) is 3.28. The summed E-state index contributed by atoms with van der Waals surface area (Å²) in [5.41, 5.74) is 5.91. The number of ether oxygens (including phenoxy) is 1. The predicted octanol–water partition coefficient (Wildman–Crippen LogP) is 3.21. The lowest BCUT2D eigenvalue weighted by atomic mass is 10.2. The van der Waals surface area contributed by atoms with Gasteiger partial charge >= 0.3 is 0 Å². The molecule has 5 nitrogen and oxygen atoms in total. The summed E-state index contributed by atoms with van der Waals surface area (Å²) in [5, 5.41) is 0.624. The number of carbonyl (C=O) groups excluding carboxylic acids is 2. The molecule has 0 aliphatic heterocycles. The van der Waals surface area contributed by atoms with Crippen LogP contribution in [0.25, 0.3) is 6.08 Å². The van der Waals surface area contributed by atoms with Crippen LogP contribution in [0.5, 0.6) is 5.75 Å². The molecule has 24 heavy (non-hydrogen) atoms. The van der Waals surface area contributed by atoms with Crippen molar-refractivity contribution >= 4 is 29.5 Å². The van der Waals surface area contributed by atoms with Gasteiger partial charge in [0.25, 0.3) is 11.8 Å². The molecule has 0 atom stereocenters. The molecule has 0 bridgehead atoms. The third kappa shape index (κ3) is 5.44. The first-order valence-electron chi connectivity index (χ1n) is 7.35. The van der Waals surface area contributed by atoms with Crippen LogP contribution in [-0.2, 0) is 4.79 Å². The zero-order valence-electron chi connectivity index (χ0n) is 13.1. The van der Waals surface area contributed by atoms with E-state index in [-0.39, 0.29) is 0 Å². The van der Waals surface area contributed by atoms with Crippen molar-refractivity contribution in [3.63, 3.8) is 0 Å². The summed E-state index contributed by atoms with van der Waals surface area (Å²) in [5.74, 6) is -0.167. The number of hydrazine groups is 1. The van der Waals surface area contributed by atoms with E-state index in [1.165, 1.54) is 6.08 Å². The van der Waals surface area contributed by atoms with E-state index in [0.717, 1.165) is 5.56 Å². The highest BCUT2D eigenvalue weighted by molar-refractivity contribution is 6.30. The molecule has 2 N–H and O–H groups in total. The number of carbonyl (C=O) groups is 2. The van der Waals surface area contributed by atoms with Gasteiger partial charge in [0, 0.05) is 16.7 Å². The Balaban J connectivity index is 1.84. The monoisotopic (exact) mass is 344 g/mol. The number of amides is 2. The van der Waals surface area contributed by atoms with Gasteiger partial charge in [0.1, 0.15) is 5.75 Å². The summed E-state index contributed by atoms with van der Waals surface area (Å²) in [6, 6.07) is 13.7. The average molecular weight is 345 g/mol. The van der Waals surface area contributed by atoms with E-state index < -0.39 is 11.8 Å². The fourth-order valence-electron chi connectivity index (χ4n) is 1.85. The molecule has 2 amide bonds. The minimum absolute atomic E-state index is 0.411. The quantitative estimate of drug-likeness (QED) is 0.646. The SMILES string of the molecule is CCOc1ccc(C(=O)NNC(=O)/C=C/c2ccc(Cl)cc2)cc1. The minimum atomic E-state index is -0.441. The zero-order chi connectivity index (χ0) is 17.4. The zero-order valence-corrected chi connectivity index (χ0v) is 13.8. The first kappa shape index (κ1) is 17.6. The van der Waals surface area contributed by atoms with Gasteiger partial charge < -0.3 is 4.74 Å². The number of hydrogen-bond donors (Lipinski definition) is 2. The van der Waals surface area contributed by atoms with E-state index in [0.29, 0.717) is 22.9 Å². The molecule has 2 aromatic carbocycles. The lowest BCUT2D eigenvalue weighted by Crippen LogP contribution is -2.40. The van der Waals surface area contributed by atoms with Crippen molar-refractivity contribution in [2.45, 2.75) is 6.92 Å². The molecule has 2 rings (SSSR count). The van der Waals surface area contributed by atoms with Crippen LogP contribution in [0.15, 0.2) is 54.6 Å². The highest BCUT2D eigenvalue weighted by Gasteiger charge is 2.06. The minimum Gasteiger partial charge on any atom is -0.494 e. The van der Waals surface area contributed by atoms with Gasteiger partial charge in [0.05, 0.1) is 6.61 Å². The van der Waals surface area contributed by atoms with E-state index in [1.807, 2.05) is 6.92 Å². The molecule has 0 aromatic heterocycles. The molecule has 0 spiro atoms. The second-order valence-corrected chi connectivity index (χ2v) is 5.22. The van der Waals surface area contributed by atoms with Crippen molar-refractivity contribution < 1.29 is 14.3 Å². The Bertz CT molecular complexity index is 725. The van der Waals surface area contributed by atoms with Crippen LogP contribution in [0, 0.1) is 0 Å². The summed E-state index contributed by atoms with van der Waals surface area (Å²) in [4.78, 5) is 23.6. The number of halogens is 1. The maximum Gasteiger partial charge on any atom is 0.269 e. The Labute approximate surface area is 145 Å². The van der Waals surface area contributed by atoms with Crippen molar-refractivity contribution in [1.82, 2.24) is 10.9 Å². The number of rotatable bonds is 5. The summed E-state index contributed by atoms with van der Waals surface area (Å²) in [7, 11) is 0. The van der Waals surface area contributed by atoms with Crippen LogP contribution in [-0.4, -0.2) is 18.4 Å². The van der Waals surface area contributed by atoms with Gasteiger partial charge in [-0.3, -0.25) is 20.4 Å². The second kappa shape index (κ2) is 8.74. The first-order chi connectivity index (χ1) is 11.6. The molecule has 0 saturated carbocycles. The van der Waals surface area contributed by atoms with Gasteiger partial charge in [-0.05, 0) is 55.0 Å².